The summed E-state index contributed by atoms with van der Waals surface area (Å²) >= 11 is 0. The van der Waals surface area contributed by atoms with E-state index in [0.717, 1.165) is 19.4 Å². The van der Waals surface area contributed by atoms with Gasteiger partial charge in [0.2, 0.25) is 0 Å². The summed E-state index contributed by atoms with van der Waals surface area (Å²) in [6, 6.07) is 0. The number of unbranched alkanes of at least 4 members (excludes halogenated alkanes) is 6. The number of hydrogen-bond acceptors (Lipinski definition) is 1. The quantitative estimate of drug-likeness (QED) is 0.332. The van der Waals surface area contributed by atoms with Crippen molar-refractivity contribution in [1.82, 2.24) is 0 Å². The Hall–Kier alpha value is -0.830. The minimum absolute atomic E-state index is 0.226. The SMILES string of the molecule is CCC=CCCCCCCCC[N+](C)(C)CC(=O)O. The molecule has 0 bridgehead atoms. The number of rotatable bonds is 12. The summed E-state index contributed by atoms with van der Waals surface area (Å²) in [5.74, 6) is -0.704. The summed E-state index contributed by atoms with van der Waals surface area (Å²) in [6.07, 6.45) is 14.5. The third kappa shape index (κ3) is 13.4. The summed E-state index contributed by atoms with van der Waals surface area (Å²) in [5, 5.41) is 8.79. The fraction of sp³-hybridized carbons (Fsp3) is 0.812. The van der Waals surface area contributed by atoms with Gasteiger partial charge in [0.25, 0.3) is 0 Å². The van der Waals surface area contributed by atoms with E-state index in [1.807, 2.05) is 14.1 Å². The number of carboxylic acid groups (broad SMARTS) is 1. The number of nitrogens with zero attached hydrogens (tertiary/aromatic N) is 1. The number of carboxylic acids is 1. The maximum atomic E-state index is 10.7. The molecule has 0 aliphatic rings. The minimum atomic E-state index is -0.704. The van der Waals surface area contributed by atoms with Crippen molar-refractivity contribution >= 4 is 5.97 Å². The van der Waals surface area contributed by atoms with E-state index in [9.17, 15) is 4.79 Å². The predicted octanol–water partition coefficient (Wildman–Crippen LogP) is 3.84. The molecule has 0 fully saturated rings. The molecule has 0 heterocycles. The second-order valence-corrected chi connectivity index (χ2v) is 6.00. The lowest BCUT2D eigenvalue weighted by atomic mass is 10.1. The Kier molecular flexibility index (Phi) is 10.6. The summed E-state index contributed by atoms with van der Waals surface area (Å²) in [5.41, 5.74) is 0. The molecule has 0 radical (unpaired) electrons. The van der Waals surface area contributed by atoms with Crippen molar-refractivity contribution in [3.8, 4) is 0 Å². The molecule has 0 aromatic heterocycles. The standard InChI is InChI=1S/C16H31NO2/c1-4-5-6-7-8-9-10-11-12-13-14-17(2,3)15-16(18)19/h5-6H,4,7-15H2,1-3H3/p+1. The molecule has 3 heteroatoms. The van der Waals surface area contributed by atoms with Crippen LogP contribution in [-0.2, 0) is 4.79 Å². The average molecular weight is 270 g/mol. The van der Waals surface area contributed by atoms with Gasteiger partial charge in [-0.05, 0) is 32.1 Å². The Balaban J connectivity index is 3.35. The first-order valence-electron chi connectivity index (χ1n) is 7.67. The fourth-order valence-electron chi connectivity index (χ4n) is 2.24. The maximum absolute atomic E-state index is 10.7. The van der Waals surface area contributed by atoms with Crippen LogP contribution in [0.3, 0.4) is 0 Å². The lowest BCUT2D eigenvalue weighted by molar-refractivity contribution is -0.883. The van der Waals surface area contributed by atoms with Gasteiger partial charge in [0, 0.05) is 0 Å². The smallest absolute Gasteiger partial charge is 0.359 e. The first-order valence-corrected chi connectivity index (χ1v) is 7.67. The summed E-state index contributed by atoms with van der Waals surface area (Å²) in [6.45, 7) is 3.36. The molecule has 0 amide bonds. The highest BCUT2D eigenvalue weighted by atomic mass is 16.4. The van der Waals surface area contributed by atoms with E-state index in [1.165, 1.54) is 38.5 Å². The second kappa shape index (κ2) is 11.0. The number of hydrogen-bond donors (Lipinski definition) is 1. The fourth-order valence-corrected chi connectivity index (χ4v) is 2.24. The van der Waals surface area contributed by atoms with Crippen molar-refractivity contribution in [1.29, 1.82) is 0 Å². The van der Waals surface area contributed by atoms with Gasteiger partial charge in [-0.25, -0.2) is 4.79 Å². The van der Waals surface area contributed by atoms with Gasteiger partial charge in [-0.2, -0.15) is 0 Å². The van der Waals surface area contributed by atoms with Crippen LogP contribution >= 0.6 is 0 Å². The third-order valence-electron chi connectivity index (χ3n) is 3.35. The lowest BCUT2D eigenvalue weighted by Crippen LogP contribution is -2.44. The maximum Gasteiger partial charge on any atom is 0.359 e. The summed E-state index contributed by atoms with van der Waals surface area (Å²) < 4.78 is 0.594. The molecule has 0 saturated heterocycles. The topological polar surface area (TPSA) is 37.3 Å². The van der Waals surface area contributed by atoms with Crippen molar-refractivity contribution in [2.24, 2.45) is 0 Å². The Morgan fingerprint density at radius 1 is 1.00 bits per heavy atom. The summed E-state index contributed by atoms with van der Waals surface area (Å²) in [7, 11) is 3.99. The predicted molar refractivity (Wildman–Crippen MR) is 81.2 cm³/mol. The zero-order chi connectivity index (χ0) is 14.6. The summed E-state index contributed by atoms with van der Waals surface area (Å²) in [4.78, 5) is 10.7. The molecule has 19 heavy (non-hydrogen) atoms. The largest absolute Gasteiger partial charge is 0.477 e. The number of aliphatic carboxylic acids is 1. The Morgan fingerprint density at radius 3 is 2.16 bits per heavy atom. The van der Waals surface area contributed by atoms with Crippen LogP contribution in [0.1, 0.15) is 58.3 Å². The second-order valence-electron chi connectivity index (χ2n) is 6.00. The van der Waals surface area contributed by atoms with Crippen molar-refractivity contribution in [2.75, 3.05) is 27.2 Å². The lowest BCUT2D eigenvalue weighted by Gasteiger charge is -2.27. The number of quaternary nitrogens is 1. The Bertz CT molecular complexity index is 259. The van der Waals surface area contributed by atoms with E-state index in [2.05, 4.69) is 19.1 Å². The molecule has 0 unspecified atom stereocenters. The van der Waals surface area contributed by atoms with Gasteiger partial charge in [-0.15, -0.1) is 0 Å². The van der Waals surface area contributed by atoms with Crippen LogP contribution in [0, 0.1) is 0 Å². The van der Waals surface area contributed by atoms with E-state index in [-0.39, 0.29) is 6.54 Å². The van der Waals surface area contributed by atoms with Gasteiger partial charge >= 0.3 is 5.97 Å². The van der Waals surface area contributed by atoms with Crippen LogP contribution in [0.25, 0.3) is 0 Å². The van der Waals surface area contributed by atoms with Crippen LogP contribution in [0.4, 0.5) is 0 Å². The third-order valence-corrected chi connectivity index (χ3v) is 3.35. The van der Waals surface area contributed by atoms with E-state index in [0.29, 0.717) is 4.48 Å². The van der Waals surface area contributed by atoms with Gasteiger partial charge in [0.15, 0.2) is 6.54 Å². The molecule has 0 aliphatic carbocycles. The molecule has 3 nitrogen and oxygen atoms in total. The molecular formula is C16H32NO2+. The molecule has 0 atom stereocenters. The van der Waals surface area contributed by atoms with Gasteiger partial charge < -0.3 is 9.59 Å². The molecule has 0 aromatic carbocycles. The van der Waals surface area contributed by atoms with Gasteiger partial charge in [-0.1, -0.05) is 38.3 Å². The van der Waals surface area contributed by atoms with Gasteiger partial charge in [-0.3, -0.25) is 0 Å². The monoisotopic (exact) mass is 270 g/mol. The van der Waals surface area contributed by atoms with Crippen molar-refractivity contribution in [3.63, 3.8) is 0 Å². The van der Waals surface area contributed by atoms with E-state index in [1.54, 1.807) is 0 Å². The van der Waals surface area contributed by atoms with E-state index in [4.69, 9.17) is 5.11 Å². The van der Waals surface area contributed by atoms with Crippen LogP contribution in [0.15, 0.2) is 12.2 Å². The zero-order valence-corrected chi connectivity index (χ0v) is 13.0. The first-order chi connectivity index (χ1) is 8.98. The van der Waals surface area contributed by atoms with Crippen molar-refractivity contribution in [3.05, 3.63) is 12.2 Å². The molecular weight excluding hydrogens is 238 g/mol. The van der Waals surface area contributed by atoms with Crippen LogP contribution in [-0.4, -0.2) is 42.7 Å². The Morgan fingerprint density at radius 2 is 1.58 bits per heavy atom. The molecule has 0 saturated carbocycles. The highest BCUT2D eigenvalue weighted by Gasteiger charge is 2.18. The van der Waals surface area contributed by atoms with Crippen LogP contribution < -0.4 is 0 Å². The molecule has 0 spiro atoms. The minimum Gasteiger partial charge on any atom is -0.477 e. The van der Waals surface area contributed by atoms with Crippen molar-refractivity contribution < 1.29 is 14.4 Å². The van der Waals surface area contributed by atoms with Crippen LogP contribution in [0.5, 0.6) is 0 Å². The number of likely N-dealkylation sites (N-methyl/N-ethyl adjacent to an activating group) is 1. The molecule has 0 rings (SSSR count). The molecule has 0 aromatic rings. The highest BCUT2D eigenvalue weighted by Crippen LogP contribution is 2.09. The molecule has 112 valence electrons. The highest BCUT2D eigenvalue weighted by molar-refractivity contribution is 5.67. The first kappa shape index (κ1) is 18.2. The normalized spacial score (nSPS) is 12.2. The zero-order valence-electron chi connectivity index (χ0n) is 13.0. The van der Waals surface area contributed by atoms with E-state index >= 15 is 0 Å². The van der Waals surface area contributed by atoms with Gasteiger partial charge in [0.1, 0.15) is 0 Å². The van der Waals surface area contributed by atoms with Crippen LogP contribution in [0.2, 0.25) is 0 Å². The Labute approximate surface area is 118 Å². The molecule has 0 aliphatic heterocycles. The number of allylic oxidation sites excluding steroid dienone is 2. The molecule has 1 N–H and O–H groups in total. The van der Waals surface area contributed by atoms with Gasteiger partial charge in [0.05, 0.1) is 20.6 Å². The average Bonchev–Trinajstić information content (AvgIpc) is 2.30. The van der Waals surface area contributed by atoms with Crippen molar-refractivity contribution in [2.45, 2.75) is 58.3 Å². The van der Waals surface area contributed by atoms with E-state index < -0.39 is 5.97 Å². The number of carbonyl (C=O) groups is 1.